The number of amides is 2. The zero-order valence-electron chi connectivity index (χ0n) is 25.3. The number of nitrogens with zero attached hydrogens (tertiary/aromatic N) is 2. The number of nitrogens with one attached hydrogen (secondary N) is 1. The molecule has 0 saturated carbocycles. The van der Waals surface area contributed by atoms with Crippen LogP contribution in [0.1, 0.15) is 44.2 Å². The van der Waals surface area contributed by atoms with Crippen LogP contribution in [0.5, 0.6) is 11.5 Å². The Bertz CT molecular complexity index is 1480. The molecule has 1 atom stereocenters. The van der Waals surface area contributed by atoms with E-state index in [1.54, 1.807) is 48.5 Å². The number of aryl methyl sites for hydroxylation is 1. The monoisotopic (exact) mass is 629 g/mol. The van der Waals surface area contributed by atoms with E-state index in [0.29, 0.717) is 23.7 Å². The van der Waals surface area contributed by atoms with Gasteiger partial charge < -0.3 is 19.7 Å². The number of anilines is 1. The van der Waals surface area contributed by atoms with Crippen LogP contribution in [-0.2, 0) is 26.2 Å². The van der Waals surface area contributed by atoms with Gasteiger partial charge in [-0.05, 0) is 61.7 Å². The molecule has 0 saturated heterocycles. The number of ether oxygens (including phenoxy) is 2. The number of hydrogen-bond acceptors (Lipinski definition) is 6. The van der Waals surface area contributed by atoms with Crippen LogP contribution < -0.4 is 19.1 Å². The molecule has 9 nitrogen and oxygen atoms in total. The molecule has 3 aromatic rings. The van der Waals surface area contributed by atoms with Gasteiger partial charge in [0.25, 0.3) is 10.0 Å². The van der Waals surface area contributed by atoms with Gasteiger partial charge in [0.1, 0.15) is 24.1 Å². The van der Waals surface area contributed by atoms with E-state index in [2.05, 4.69) is 5.32 Å². The number of sulfonamides is 1. The molecule has 0 bridgehead atoms. The number of methoxy groups -OCH3 is 2. The topological polar surface area (TPSA) is 105 Å². The predicted molar refractivity (Wildman–Crippen MR) is 169 cm³/mol. The molecule has 0 aliphatic heterocycles. The zero-order valence-corrected chi connectivity index (χ0v) is 26.9. The third-order valence-electron chi connectivity index (χ3n) is 7.02. The van der Waals surface area contributed by atoms with Gasteiger partial charge in [-0.15, -0.1) is 0 Å². The molecule has 1 N–H and O–H groups in total. The molecule has 0 spiro atoms. The van der Waals surface area contributed by atoms with Gasteiger partial charge in [-0.2, -0.15) is 0 Å². The van der Waals surface area contributed by atoms with Crippen molar-refractivity contribution in [2.75, 3.05) is 31.6 Å². The fraction of sp³-hybridized carbons (Fsp3) is 0.375. The highest BCUT2D eigenvalue weighted by Gasteiger charge is 2.35. The van der Waals surface area contributed by atoms with E-state index >= 15 is 0 Å². The van der Waals surface area contributed by atoms with Crippen molar-refractivity contribution in [3.05, 3.63) is 82.9 Å². The van der Waals surface area contributed by atoms with Crippen LogP contribution in [-0.4, -0.2) is 58.5 Å². The van der Waals surface area contributed by atoms with Gasteiger partial charge in [-0.3, -0.25) is 13.9 Å². The highest BCUT2D eigenvalue weighted by atomic mass is 35.5. The van der Waals surface area contributed by atoms with E-state index in [1.165, 1.54) is 37.3 Å². The van der Waals surface area contributed by atoms with Crippen molar-refractivity contribution in [3.63, 3.8) is 0 Å². The molecular formula is C32H40ClN3O6S. The summed E-state index contributed by atoms with van der Waals surface area (Å²) in [6.45, 7) is 5.65. The Balaban J connectivity index is 2.12. The van der Waals surface area contributed by atoms with Crippen molar-refractivity contribution in [1.82, 2.24) is 10.2 Å². The van der Waals surface area contributed by atoms with Crippen LogP contribution in [0.3, 0.4) is 0 Å². The highest BCUT2D eigenvalue weighted by Crippen LogP contribution is 2.36. The summed E-state index contributed by atoms with van der Waals surface area (Å²) in [7, 11) is -1.39. The minimum atomic E-state index is -4.27. The average molecular weight is 630 g/mol. The van der Waals surface area contributed by atoms with Gasteiger partial charge in [0, 0.05) is 24.2 Å². The second-order valence-corrected chi connectivity index (χ2v) is 12.4. The predicted octanol–water partition coefficient (Wildman–Crippen LogP) is 5.58. The molecular weight excluding hydrogens is 590 g/mol. The number of hydrogen-bond donors (Lipinski definition) is 1. The summed E-state index contributed by atoms with van der Waals surface area (Å²) in [5.41, 5.74) is 1.75. The first-order valence-electron chi connectivity index (χ1n) is 14.2. The molecule has 43 heavy (non-hydrogen) atoms. The van der Waals surface area contributed by atoms with Crippen molar-refractivity contribution in [2.24, 2.45) is 0 Å². The van der Waals surface area contributed by atoms with Crippen molar-refractivity contribution < 1.29 is 27.5 Å². The third kappa shape index (κ3) is 8.64. The number of rotatable bonds is 15. The van der Waals surface area contributed by atoms with Gasteiger partial charge in [-0.25, -0.2) is 8.42 Å². The van der Waals surface area contributed by atoms with Gasteiger partial charge in [0.05, 0.1) is 24.8 Å². The van der Waals surface area contributed by atoms with Crippen LogP contribution in [0.15, 0.2) is 71.6 Å². The summed E-state index contributed by atoms with van der Waals surface area (Å²) in [4.78, 5) is 29.0. The molecule has 0 fully saturated rings. The lowest BCUT2D eigenvalue weighted by molar-refractivity contribution is -0.140. The maximum absolute atomic E-state index is 14.3. The summed E-state index contributed by atoms with van der Waals surface area (Å²) < 4.78 is 40.3. The maximum atomic E-state index is 14.3. The Morgan fingerprint density at radius 3 is 2.21 bits per heavy atom. The first-order valence-corrected chi connectivity index (χ1v) is 16.0. The minimum absolute atomic E-state index is 0.00405. The Hall–Kier alpha value is -3.76. The fourth-order valence-corrected chi connectivity index (χ4v) is 6.10. The molecule has 0 radical (unpaired) electrons. The van der Waals surface area contributed by atoms with E-state index in [4.69, 9.17) is 21.1 Å². The summed E-state index contributed by atoms with van der Waals surface area (Å²) in [5.74, 6) is -0.247. The number of halogens is 1. The zero-order chi connectivity index (χ0) is 31.6. The van der Waals surface area contributed by atoms with Gasteiger partial charge in [0.2, 0.25) is 11.8 Å². The molecule has 11 heteroatoms. The largest absolute Gasteiger partial charge is 0.497 e. The van der Waals surface area contributed by atoms with Crippen molar-refractivity contribution in [1.29, 1.82) is 0 Å². The van der Waals surface area contributed by atoms with Gasteiger partial charge in [0.15, 0.2) is 0 Å². The quantitative estimate of drug-likeness (QED) is 0.220. The first-order chi connectivity index (χ1) is 20.5. The smallest absolute Gasteiger partial charge is 0.264 e. The summed E-state index contributed by atoms with van der Waals surface area (Å²) >= 11 is 6.09. The highest BCUT2D eigenvalue weighted by molar-refractivity contribution is 7.92. The second-order valence-electron chi connectivity index (χ2n) is 10.1. The lowest BCUT2D eigenvalue weighted by Gasteiger charge is -2.33. The first kappa shape index (κ1) is 33.7. The summed E-state index contributed by atoms with van der Waals surface area (Å²) in [6, 6.07) is 17.2. The van der Waals surface area contributed by atoms with Crippen molar-refractivity contribution in [2.45, 2.75) is 57.5 Å². The van der Waals surface area contributed by atoms with Crippen LogP contribution in [0.4, 0.5) is 5.69 Å². The molecule has 2 amide bonds. The number of benzene rings is 3. The molecule has 0 unspecified atom stereocenters. The van der Waals surface area contributed by atoms with Gasteiger partial charge in [-0.1, -0.05) is 61.7 Å². The van der Waals surface area contributed by atoms with E-state index in [0.717, 1.165) is 28.3 Å². The standard InChI is InChI=1S/C32H40ClN3O6S/c1-6-8-19-34-32(38)28(7-2)35(21-24-11-13-25(33)14-12-24)31(37)22-36(29-20-26(41-4)15-18-30(29)42-5)43(39,40)27-16-9-23(3)10-17-27/h9-18,20,28H,6-8,19,21-22H2,1-5H3,(H,34,38)/t28-/m0/s1. The lowest BCUT2D eigenvalue weighted by Crippen LogP contribution is -2.52. The van der Waals surface area contributed by atoms with Crippen molar-refractivity contribution >= 4 is 39.1 Å². The van der Waals surface area contributed by atoms with E-state index in [1.807, 2.05) is 20.8 Å². The number of unbranched alkanes of at least 4 members (excludes halogenated alkanes) is 1. The Labute approximate surface area is 259 Å². The van der Waals surface area contributed by atoms with E-state index < -0.39 is 28.5 Å². The van der Waals surface area contributed by atoms with E-state index in [9.17, 15) is 18.0 Å². The van der Waals surface area contributed by atoms with E-state index in [-0.39, 0.29) is 28.8 Å². The van der Waals surface area contributed by atoms with Crippen LogP contribution in [0.2, 0.25) is 5.02 Å². The molecule has 0 heterocycles. The normalized spacial score (nSPS) is 11.9. The Morgan fingerprint density at radius 2 is 1.63 bits per heavy atom. The van der Waals surface area contributed by atoms with Crippen LogP contribution in [0, 0.1) is 6.92 Å². The third-order valence-corrected chi connectivity index (χ3v) is 9.05. The Kier molecular flexibility index (Phi) is 12.3. The summed E-state index contributed by atoms with van der Waals surface area (Å²) in [5, 5.41) is 3.46. The molecule has 3 aromatic carbocycles. The van der Waals surface area contributed by atoms with Crippen LogP contribution in [0.25, 0.3) is 0 Å². The van der Waals surface area contributed by atoms with Gasteiger partial charge >= 0.3 is 0 Å². The molecule has 3 rings (SSSR count). The SMILES string of the molecule is CCCCNC(=O)[C@H](CC)N(Cc1ccc(Cl)cc1)C(=O)CN(c1cc(OC)ccc1OC)S(=O)(=O)c1ccc(C)cc1. The molecule has 232 valence electrons. The average Bonchev–Trinajstić information content (AvgIpc) is 3.00. The second kappa shape index (κ2) is 15.6. The lowest BCUT2D eigenvalue weighted by atomic mass is 10.1. The molecule has 0 aliphatic rings. The van der Waals surface area contributed by atoms with Crippen LogP contribution >= 0.6 is 11.6 Å². The molecule has 0 aliphatic carbocycles. The molecule has 0 aromatic heterocycles. The minimum Gasteiger partial charge on any atom is -0.497 e. The maximum Gasteiger partial charge on any atom is 0.264 e. The number of carbonyl (C=O) groups excluding carboxylic acids is 2. The van der Waals surface area contributed by atoms with Crippen molar-refractivity contribution in [3.8, 4) is 11.5 Å². The number of carbonyl (C=O) groups is 2. The summed E-state index contributed by atoms with van der Waals surface area (Å²) in [6.07, 6.45) is 2.02. The Morgan fingerprint density at radius 1 is 0.953 bits per heavy atom. The fourth-order valence-electron chi connectivity index (χ4n) is 4.55.